The van der Waals surface area contributed by atoms with Crippen molar-refractivity contribution >= 4 is 35.5 Å². The van der Waals surface area contributed by atoms with E-state index in [2.05, 4.69) is 25.9 Å². The number of aromatic hydroxyl groups is 1. The molecule has 1 heterocycles. The first-order chi connectivity index (χ1) is 20.2. The Balaban J connectivity index is 1.72. The molecule has 12 nitrogen and oxygen atoms in total. The Morgan fingerprint density at radius 1 is 0.857 bits per heavy atom. The average molecular weight is 597 g/mol. The van der Waals surface area contributed by atoms with Crippen molar-refractivity contribution in [3.05, 3.63) is 83.9 Å². The van der Waals surface area contributed by atoms with E-state index in [0.29, 0.717) is 11.4 Å². The molecule has 4 atom stereocenters. The summed E-state index contributed by atoms with van der Waals surface area (Å²) < 4.78 is 0. The van der Waals surface area contributed by atoms with Crippen molar-refractivity contribution in [1.29, 1.82) is 0 Å². The lowest BCUT2D eigenvalue weighted by Gasteiger charge is -2.25. The van der Waals surface area contributed by atoms with Crippen molar-refractivity contribution in [2.75, 3.05) is 12.0 Å². The number of imidazole rings is 1. The van der Waals surface area contributed by atoms with Gasteiger partial charge in [-0.05, 0) is 48.1 Å². The number of amides is 3. The number of rotatable bonds is 16. The molecule has 224 valence electrons. The fraction of sp³-hybridized carbons (Fsp3) is 0.345. The number of hydrogen-bond donors (Lipinski definition) is 7. The molecule has 0 aliphatic carbocycles. The molecule has 0 aliphatic rings. The van der Waals surface area contributed by atoms with Crippen molar-refractivity contribution < 1.29 is 29.4 Å². The van der Waals surface area contributed by atoms with Crippen LogP contribution in [0.1, 0.15) is 23.2 Å². The summed E-state index contributed by atoms with van der Waals surface area (Å²) in [4.78, 5) is 58.5. The second-order valence-electron chi connectivity index (χ2n) is 9.75. The highest BCUT2D eigenvalue weighted by molar-refractivity contribution is 7.98. The lowest BCUT2D eigenvalue weighted by atomic mass is 10.0. The Labute approximate surface area is 247 Å². The average Bonchev–Trinajstić information content (AvgIpc) is 3.49. The maximum atomic E-state index is 13.4. The van der Waals surface area contributed by atoms with Crippen LogP contribution in [-0.2, 0) is 38.4 Å². The van der Waals surface area contributed by atoms with E-state index < -0.39 is 47.9 Å². The van der Waals surface area contributed by atoms with Gasteiger partial charge in [-0.15, -0.1) is 0 Å². The zero-order chi connectivity index (χ0) is 30.5. The molecule has 0 bridgehead atoms. The topological polar surface area (TPSA) is 200 Å². The number of thioether (sulfide) groups is 1. The molecule has 0 fully saturated rings. The molecular formula is C29H36N6O6S. The third-order valence-electron chi connectivity index (χ3n) is 6.48. The largest absolute Gasteiger partial charge is 0.508 e. The predicted molar refractivity (Wildman–Crippen MR) is 159 cm³/mol. The molecule has 8 N–H and O–H groups in total. The number of aromatic nitrogens is 2. The quantitative estimate of drug-likeness (QED) is 0.125. The number of nitrogens with one attached hydrogen (secondary N) is 4. The molecule has 0 saturated carbocycles. The van der Waals surface area contributed by atoms with E-state index in [1.54, 1.807) is 42.5 Å². The van der Waals surface area contributed by atoms with Gasteiger partial charge in [-0.25, -0.2) is 9.78 Å². The van der Waals surface area contributed by atoms with Crippen molar-refractivity contribution in [2.24, 2.45) is 5.73 Å². The molecule has 13 heteroatoms. The molecule has 0 aliphatic heterocycles. The van der Waals surface area contributed by atoms with E-state index in [4.69, 9.17) is 5.73 Å². The number of hydrogen-bond acceptors (Lipinski definition) is 8. The molecule has 42 heavy (non-hydrogen) atoms. The van der Waals surface area contributed by atoms with Gasteiger partial charge in [-0.1, -0.05) is 42.5 Å². The summed E-state index contributed by atoms with van der Waals surface area (Å²) in [6.07, 6.45) is 5.32. The van der Waals surface area contributed by atoms with Crippen LogP contribution in [0.4, 0.5) is 0 Å². The lowest BCUT2D eigenvalue weighted by molar-refractivity contribution is -0.142. The third kappa shape index (κ3) is 10.2. The molecule has 3 rings (SSSR count). The third-order valence-corrected chi connectivity index (χ3v) is 7.13. The van der Waals surface area contributed by atoms with Gasteiger partial charge in [0.1, 0.15) is 23.9 Å². The summed E-state index contributed by atoms with van der Waals surface area (Å²) in [7, 11) is 0. The highest BCUT2D eigenvalue weighted by Crippen LogP contribution is 2.12. The zero-order valence-corrected chi connectivity index (χ0v) is 24.0. The summed E-state index contributed by atoms with van der Waals surface area (Å²) in [6.45, 7) is 0. The molecule has 3 amide bonds. The number of carboxylic acid groups (broad SMARTS) is 1. The number of nitrogens with two attached hydrogens (primary N) is 1. The Hall–Kier alpha value is -4.36. The fourth-order valence-corrected chi connectivity index (χ4v) is 4.65. The molecule has 4 unspecified atom stereocenters. The van der Waals surface area contributed by atoms with Crippen LogP contribution in [0.3, 0.4) is 0 Å². The van der Waals surface area contributed by atoms with Gasteiger partial charge >= 0.3 is 5.97 Å². The number of phenolic OH excluding ortho intramolecular Hbond substituents is 1. The number of carbonyl (C=O) groups excluding carboxylic acids is 3. The summed E-state index contributed by atoms with van der Waals surface area (Å²) in [6, 6.07) is 10.8. The van der Waals surface area contributed by atoms with Gasteiger partial charge in [0.15, 0.2) is 0 Å². The minimum atomic E-state index is -1.23. The first-order valence-corrected chi connectivity index (χ1v) is 14.7. The Bertz CT molecular complexity index is 1310. The second-order valence-corrected chi connectivity index (χ2v) is 10.7. The maximum absolute atomic E-state index is 13.4. The number of aliphatic carboxylic acids is 1. The van der Waals surface area contributed by atoms with Crippen LogP contribution in [0.2, 0.25) is 0 Å². The molecule has 3 aromatic rings. The number of carbonyl (C=O) groups is 4. The molecular weight excluding hydrogens is 560 g/mol. The van der Waals surface area contributed by atoms with Crippen LogP contribution < -0.4 is 21.7 Å². The predicted octanol–water partition coefficient (Wildman–Crippen LogP) is 0.763. The number of H-pyrrole nitrogens is 1. The molecule has 0 radical (unpaired) electrons. The van der Waals surface area contributed by atoms with Crippen LogP contribution in [0.5, 0.6) is 5.75 Å². The van der Waals surface area contributed by atoms with E-state index >= 15 is 0 Å². The van der Waals surface area contributed by atoms with Gasteiger partial charge in [0.25, 0.3) is 0 Å². The lowest BCUT2D eigenvalue weighted by Crippen LogP contribution is -2.58. The first-order valence-electron chi connectivity index (χ1n) is 13.3. The Morgan fingerprint density at radius 3 is 2.10 bits per heavy atom. The number of phenols is 1. The standard InChI is InChI=1S/C29H36N6O6S/c1-42-12-11-23(33-26(37)22(30)13-19-7-9-21(36)10-8-19)27(38)34-24(15-20-16-31-17-32-20)28(39)35-25(29(40)41)14-18-5-3-2-4-6-18/h2-10,16-17,22-25,36H,11-15,30H2,1H3,(H,31,32)(H,33,37)(H,34,38)(H,35,39)(H,40,41). The zero-order valence-electron chi connectivity index (χ0n) is 23.2. The number of carboxylic acids is 1. The normalized spacial score (nSPS) is 13.8. The van der Waals surface area contributed by atoms with E-state index in [0.717, 1.165) is 11.1 Å². The van der Waals surface area contributed by atoms with Crippen LogP contribution in [0, 0.1) is 0 Å². The summed E-state index contributed by atoms with van der Waals surface area (Å²) >= 11 is 1.48. The smallest absolute Gasteiger partial charge is 0.326 e. The van der Waals surface area contributed by atoms with Gasteiger partial charge in [0.05, 0.1) is 12.4 Å². The molecule has 1 aromatic heterocycles. The van der Waals surface area contributed by atoms with Crippen molar-refractivity contribution in [1.82, 2.24) is 25.9 Å². The highest BCUT2D eigenvalue weighted by Gasteiger charge is 2.31. The Kier molecular flexibility index (Phi) is 12.4. The van der Waals surface area contributed by atoms with E-state index in [9.17, 15) is 29.4 Å². The van der Waals surface area contributed by atoms with Gasteiger partial charge in [0.2, 0.25) is 17.7 Å². The number of benzene rings is 2. The summed E-state index contributed by atoms with van der Waals surface area (Å²) in [5.41, 5.74) is 8.12. The fourth-order valence-electron chi connectivity index (χ4n) is 4.18. The van der Waals surface area contributed by atoms with Gasteiger partial charge < -0.3 is 36.9 Å². The number of aromatic amines is 1. The monoisotopic (exact) mass is 596 g/mol. The summed E-state index contributed by atoms with van der Waals surface area (Å²) in [5, 5.41) is 27.2. The van der Waals surface area contributed by atoms with Crippen LogP contribution in [0.15, 0.2) is 67.1 Å². The Morgan fingerprint density at radius 2 is 1.48 bits per heavy atom. The van der Waals surface area contributed by atoms with Crippen LogP contribution in [-0.4, -0.2) is 80.0 Å². The van der Waals surface area contributed by atoms with Crippen molar-refractivity contribution in [3.8, 4) is 5.75 Å². The van der Waals surface area contributed by atoms with E-state index in [1.165, 1.54) is 36.4 Å². The van der Waals surface area contributed by atoms with Gasteiger partial charge in [-0.3, -0.25) is 14.4 Å². The molecule has 0 spiro atoms. The van der Waals surface area contributed by atoms with Crippen LogP contribution >= 0.6 is 11.8 Å². The summed E-state index contributed by atoms with van der Waals surface area (Å²) in [5.74, 6) is -2.43. The van der Waals surface area contributed by atoms with Gasteiger partial charge in [-0.2, -0.15) is 11.8 Å². The van der Waals surface area contributed by atoms with Crippen molar-refractivity contribution in [3.63, 3.8) is 0 Å². The van der Waals surface area contributed by atoms with E-state index in [1.807, 2.05) is 6.26 Å². The van der Waals surface area contributed by atoms with Crippen LogP contribution in [0.25, 0.3) is 0 Å². The highest BCUT2D eigenvalue weighted by atomic mass is 32.2. The van der Waals surface area contributed by atoms with Crippen molar-refractivity contribution in [2.45, 2.75) is 49.9 Å². The van der Waals surface area contributed by atoms with E-state index in [-0.39, 0.29) is 31.4 Å². The second kappa shape index (κ2) is 16.2. The molecule has 0 saturated heterocycles. The minimum absolute atomic E-state index is 0.0127. The number of nitrogens with zero attached hydrogens (tertiary/aromatic N) is 1. The SMILES string of the molecule is CSCCC(NC(=O)C(N)Cc1ccc(O)cc1)C(=O)NC(Cc1cnc[nH]1)C(=O)NC(Cc1ccccc1)C(=O)O. The minimum Gasteiger partial charge on any atom is -0.508 e. The maximum Gasteiger partial charge on any atom is 0.326 e. The van der Waals surface area contributed by atoms with Gasteiger partial charge in [0, 0.05) is 24.7 Å². The first kappa shape index (κ1) is 32.2. The molecule has 2 aromatic carbocycles.